The number of hydrogen-bond donors (Lipinski definition) is 1. The largest absolute Gasteiger partial charge is 0.457 e. The summed E-state index contributed by atoms with van der Waals surface area (Å²) in [6.07, 6.45) is 1.15. The second-order valence-electron chi connectivity index (χ2n) is 5.20. The molecule has 0 saturated carbocycles. The molecule has 0 bridgehead atoms. The van der Waals surface area contributed by atoms with Crippen LogP contribution in [-0.4, -0.2) is 6.54 Å². The second-order valence-corrected chi connectivity index (χ2v) is 5.20. The average molecular weight is 269 g/mol. The van der Waals surface area contributed by atoms with E-state index in [1.165, 1.54) is 16.7 Å². The van der Waals surface area contributed by atoms with Crippen molar-refractivity contribution in [2.45, 2.75) is 33.7 Å². The average Bonchev–Trinajstić information content (AvgIpc) is 2.43. The Balaban J connectivity index is 2.07. The summed E-state index contributed by atoms with van der Waals surface area (Å²) in [6.45, 7) is 8.28. The van der Waals surface area contributed by atoms with Gasteiger partial charge in [0.25, 0.3) is 0 Å². The molecule has 2 aromatic carbocycles. The molecule has 0 fully saturated rings. The van der Waals surface area contributed by atoms with Crippen LogP contribution in [0.3, 0.4) is 0 Å². The number of nitrogens with one attached hydrogen (secondary N) is 1. The lowest BCUT2D eigenvalue weighted by molar-refractivity contribution is 0.477. The normalized spacial score (nSPS) is 10.6. The highest BCUT2D eigenvalue weighted by molar-refractivity contribution is 5.40. The third-order valence-electron chi connectivity index (χ3n) is 3.21. The van der Waals surface area contributed by atoms with Crippen LogP contribution in [0.1, 0.15) is 30.0 Å². The van der Waals surface area contributed by atoms with E-state index >= 15 is 0 Å². The lowest BCUT2D eigenvalue weighted by Gasteiger charge is -2.11. The Hall–Kier alpha value is -1.80. The predicted molar refractivity (Wildman–Crippen MR) is 84.4 cm³/mol. The smallest absolute Gasteiger partial charge is 0.130 e. The van der Waals surface area contributed by atoms with E-state index < -0.39 is 0 Å². The van der Waals surface area contributed by atoms with Gasteiger partial charge in [-0.3, -0.25) is 0 Å². The minimum Gasteiger partial charge on any atom is -0.457 e. The Labute approximate surface area is 121 Å². The first-order chi connectivity index (χ1) is 9.69. The number of hydrogen-bond acceptors (Lipinski definition) is 2. The van der Waals surface area contributed by atoms with Gasteiger partial charge in [-0.2, -0.15) is 0 Å². The Morgan fingerprint density at radius 3 is 2.65 bits per heavy atom. The van der Waals surface area contributed by atoms with Gasteiger partial charge in [-0.05, 0) is 56.1 Å². The van der Waals surface area contributed by atoms with Gasteiger partial charge in [0, 0.05) is 6.54 Å². The molecule has 0 radical (unpaired) electrons. The number of aryl methyl sites for hydroxylation is 2. The molecule has 0 aromatic heterocycles. The molecule has 0 heterocycles. The van der Waals surface area contributed by atoms with Crippen molar-refractivity contribution in [1.82, 2.24) is 5.32 Å². The van der Waals surface area contributed by atoms with Crippen molar-refractivity contribution in [3.63, 3.8) is 0 Å². The van der Waals surface area contributed by atoms with E-state index in [9.17, 15) is 0 Å². The van der Waals surface area contributed by atoms with Gasteiger partial charge >= 0.3 is 0 Å². The van der Waals surface area contributed by atoms with Crippen molar-refractivity contribution < 1.29 is 4.74 Å². The maximum Gasteiger partial charge on any atom is 0.130 e. The highest BCUT2D eigenvalue weighted by Gasteiger charge is 2.02. The zero-order valence-electron chi connectivity index (χ0n) is 12.6. The van der Waals surface area contributed by atoms with Crippen LogP contribution in [0, 0.1) is 13.8 Å². The minimum absolute atomic E-state index is 0.887. The van der Waals surface area contributed by atoms with E-state index in [-0.39, 0.29) is 0 Å². The molecule has 2 nitrogen and oxygen atoms in total. The summed E-state index contributed by atoms with van der Waals surface area (Å²) in [5.41, 5.74) is 3.67. The molecule has 0 aliphatic rings. The second kappa shape index (κ2) is 7.11. The first-order valence-corrected chi connectivity index (χ1v) is 7.24. The van der Waals surface area contributed by atoms with Crippen molar-refractivity contribution in [3.05, 3.63) is 59.2 Å². The van der Waals surface area contributed by atoms with Gasteiger partial charge in [-0.1, -0.05) is 36.8 Å². The Bertz CT molecular complexity index is 563. The lowest BCUT2D eigenvalue weighted by Crippen LogP contribution is -2.13. The molecule has 0 amide bonds. The number of rotatable bonds is 6. The molecule has 2 heteroatoms. The van der Waals surface area contributed by atoms with Gasteiger partial charge in [-0.25, -0.2) is 0 Å². The summed E-state index contributed by atoms with van der Waals surface area (Å²) >= 11 is 0. The molecule has 20 heavy (non-hydrogen) atoms. The standard InChI is InChI=1S/C18H23NO/c1-4-10-19-13-16-6-5-7-17(12-16)20-18-9-8-14(2)11-15(18)3/h5-9,11-12,19H,4,10,13H2,1-3H3. The van der Waals surface area contributed by atoms with Crippen molar-refractivity contribution >= 4 is 0 Å². The molecular formula is C18H23NO. The monoisotopic (exact) mass is 269 g/mol. The van der Waals surface area contributed by atoms with Crippen molar-refractivity contribution in [2.75, 3.05) is 6.54 Å². The number of ether oxygens (including phenoxy) is 1. The molecule has 1 N–H and O–H groups in total. The van der Waals surface area contributed by atoms with Crippen LogP contribution < -0.4 is 10.1 Å². The van der Waals surface area contributed by atoms with E-state index in [4.69, 9.17) is 4.74 Å². The summed E-state index contributed by atoms with van der Waals surface area (Å²) in [4.78, 5) is 0. The summed E-state index contributed by atoms with van der Waals surface area (Å²) < 4.78 is 5.98. The summed E-state index contributed by atoms with van der Waals surface area (Å²) in [6, 6.07) is 14.5. The van der Waals surface area contributed by atoms with Crippen LogP contribution in [0.15, 0.2) is 42.5 Å². The molecule has 0 spiro atoms. The fraction of sp³-hybridized carbons (Fsp3) is 0.333. The first kappa shape index (κ1) is 14.6. The third kappa shape index (κ3) is 4.10. The molecule has 0 atom stereocenters. The van der Waals surface area contributed by atoms with Gasteiger partial charge < -0.3 is 10.1 Å². The fourth-order valence-electron chi connectivity index (χ4n) is 2.17. The van der Waals surface area contributed by atoms with Crippen molar-refractivity contribution in [2.24, 2.45) is 0 Å². The van der Waals surface area contributed by atoms with Gasteiger partial charge in [0.15, 0.2) is 0 Å². The van der Waals surface area contributed by atoms with E-state index in [2.05, 4.69) is 50.4 Å². The minimum atomic E-state index is 0.887. The predicted octanol–water partition coefficient (Wildman–Crippen LogP) is 4.60. The van der Waals surface area contributed by atoms with Crippen LogP contribution in [-0.2, 0) is 6.54 Å². The van der Waals surface area contributed by atoms with E-state index in [1.807, 2.05) is 18.2 Å². The molecule has 106 valence electrons. The fourth-order valence-corrected chi connectivity index (χ4v) is 2.17. The zero-order chi connectivity index (χ0) is 14.4. The highest BCUT2D eigenvalue weighted by Crippen LogP contribution is 2.26. The summed E-state index contributed by atoms with van der Waals surface area (Å²) in [7, 11) is 0. The Morgan fingerprint density at radius 1 is 1.05 bits per heavy atom. The summed E-state index contributed by atoms with van der Waals surface area (Å²) in [5, 5.41) is 3.41. The third-order valence-corrected chi connectivity index (χ3v) is 3.21. The maximum absolute atomic E-state index is 5.98. The Kier molecular flexibility index (Phi) is 5.19. The van der Waals surface area contributed by atoms with E-state index in [0.29, 0.717) is 0 Å². The first-order valence-electron chi connectivity index (χ1n) is 7.24. The molecule has 2 aromatic rings. The van der Waals surface area contributed by atoms with Crippen LogP contribution in [0.2, 0.25) is 0 Å². The topological polar surface area (TPSA) is 21.3 Å². The quantitative estimate of drug-likeness (QED) is 0.774. The molecular weight excluding hydrogens is 246 g/mol. The van der Waals surface area contributed by atoms with Gasteiger partial charge in [0.05, 0.1) is 0 Å². The van der Waals surface area contributed by atoms with E-state index in [0.717, 1.165) is 31.0 Å². The molecule has 0 unspecified atom stereocenters. The molecule has 0 saturated heterocycles. The van der Waals surface area contributed by atoms with E-state index in [1.54, 1.807) is 0 Å². The maximum atomic E-state index is 5.98. The Morgan fingerprint density at radius 2 is 1.90 bits per heavy atom. The summed E-state index contributed by atoms with van der Waals surface area (Å²) in [5.74, 6) is 1.82. The lowest BCUT2D eigenvalue weighted by atomic mass is 10.1. The SMILES string of the molecule is CCCNCc1cccc(Oc2ccc(C)cc2C)c1. The van der Waals surface area contributed by atoms with Crippen molar-refractivity contribution in [1.29, 1.82) is 0 Å². The number of benzene rings is 2. The molecule has 0 aliphatic carbocycles. The zero-order valence-corrected chi connectivity index (χ0v) is 12.6. The van der Waals surface area contributed by atoms with Gasteiger partial charge in [-0.15, -0.1) is 0 Å². The highest BCUT2D eigenvalue weighted by atomic mass is 16.5. The van der Waals surface area contributed by atoms with Crippen LogP contribution in [0.25, 0.3) is 0 Å². The molecule has 0 aliphatic heterocycles. The van der Waals surface area contributed by atoms with Gasteiger partial charge in [0.1, 0.15) is 11.5 Å². The van der Waals surface area contributed by atoms with Crippen LogP contribution in [0.4, 0.5) is 0 Å². The van der Waals surface area contributed by atoms with Crippen molar-refractivity contribution in [3.8, 4) is 11.5 Å². The van der Waals surface area contributed by atoms with Gasteiger partial charge in [0.2, 0.25) is 0 Å². The van der Waals surface area contributed by atoms with Crippen LogP contribution >= 0.6 is 0 Å². The molecule has 2 rings (SSSR count). The van der Waals surface area contributed by atoms with Crippen LogP contribution in [0.5, 0.6) is 11.5 Å².